The Morgan fingerprint density at radius 3 is 2.26 bits per heavy atom. The maximum absolute atomic E-state index is 15.0. The van der Waals surface area contributed by atoms with Gasteiger partial charge in [-0.05, 0) is 49.8 Å². The summed E-state index contributed by atoms with van der Waals surface area (Å²) in [5.74, 6) is 0.835. The fourth-order valence-electron chi connectivity index (χ4n) is 5.00. The number of nitrogens with zero attached hydrogens (tertiary/aromatic N) is 2. The lowest BCUT2D eigenvalue weighted by Gasteiger charge is -2.27. The molecule has 0 saturated carbocycles. The number of hydrogen-bond acceptors (Lipinski definition) is 4. The van der Waals surface area contributed by atoms with Gasteiger partial charge in [0.05, 0.1) is 18.9 Å². The molecular formula is C30H45FN2O2. The van der Waals surface area contributed by atoms with Gasteiger partial charge in [0.15, 0.2) is 0 Å². The van der Waals surface area contributed by atoms with Gasteiger partial charge in [-0.25, -0.2) is 0 Å². The molecule has 0 amide bonds. The van der Waals surface area contributed by atoms with Crippen molar-refractivity contribution in [3.05, 3.63) is 47.2 Å². The van der Waals surface area contributed by atoms with Crippen molar-refractivity contribution < 1.29 is 13.9 Å². The number of aromatic nitrogens is 2. The number of rotatable bonds is 17. The van der Waals surface area contributed by atoms with Crippen molar-refractivity contribution in [3.8, 4) is 11.6 Å². The van der Waals surface area contributed by atoms with Crippen molar-refractivity contribution in [2.75, 3.05) is 13.2 Å². The van der Waals surface area contributed by atoms with Crippen LogP contribution < -0.4 is 9.47 Å². The number of ether oxygens (including phenoxy) is 2. The molecule has 4 nitrogen and oxygen atoms in total. The average Bonchev–Trinajstić information content (AvgIpc) is 2.88. The number of hydrogen-bond donors (Lipinski definition) is 0. The van der Waals surface area contributed by atoms with Crippen LogP contribution in [0, 0.1) is 5.95 Å². The zero-order valence-corrected chi connectivity index (χ0v) is 22.0. The van der Waals surface area contributed by atoms with Crippen molar-refractivity contribution >= 4 is 0 Å². The van der Waals surface area contributed by atoms with E-state index in [4.69, 9.17) is 14.5 Å². The maximum Gasteiger partial charge on any atom is 0.219 e. The summed E-state index contributed by atoms with van der Waals surface area (Å²) in [5.41, 5.74) is 2.58. The molecule has 1 unspecified atom stereocenters. The highest BCUT2D eigenvalue weighted by Gasteiger charge is 2.29. The van der Waals surface area contributed by atoms with Gasteiger partial charge in [-0.15, -0.1) is 0 Å². The Hall–Kier alpha value is -2.17. The molecule has 2 heterocycles. The lowest BCUT2D eigenvalue weighted by atomic mass is 9.81. The Labute approximate surface area is 212 Å². The monoisotopic (exact) mass is 484 g/mol. The Bertz CT molecular complexity index is 873. The third-order valence-corrected chi connectivity index (χ3v) is 7.01. The minimum atomic E-state index is -0.393. The standard InChI is InChI=1S/C30H45FN2O2/c1-3-5-7-9-11-13-21-34-27-19-16-20-32-29(27)24-17-15-18-25-26(24)23-28(33-30(25)31)35-22-14-12-10-8-6-4-2/h16,19-20,23-24H,3-15,17-18,21-22H2,1-2H3. The minimum Gasteiger partial charge on any atom is -0.492 e. The third kappa shape index (κ3) is 8.77. The average molecular weight is 485 g/mol. The van der Waals surface area contributed by atoms with Crippen molar-refractivity contribution in [2.45, 2.75) is 116 Å². The second kappa shape index (κ2) is 15.7. The predicted molar refractivity (Wildman–Crippen MR) is 141 cm³/mol. The summed E-state index contributed by atoms with van der Waals surface area (Å²) in [5, 5.41) is 0. The molecule has 0 N–H and O–H groups in total. The largest absolute Gasteiger partial charge is 0.492 e. The molecule has 0 saturated heterocycles. The van der Waals surface area contributed by atoms with Gasteiger partial charge >= 0.3 is 0 Å². The molecule has 5 heteroatoms. The van der Waals surface area contributed by atoms with E-state index in [9.17, 15) is 4.39 Å². The van der Waals surface area contributed by atoms with Crippen LogP contribution in [0.25, 0.3) is 0 Å². The van der Waals surface area contributed by atoms with Crippen LogP contribution in [-0.2, 0) is 6.42 Å². The van der Waals surface area contributed by atoms with Crippen molar-refractivity contribution in [2.24, 2.45) is 0 Å². The molecule has 194 valence electrons. The van der Waals surface area contributed by atoms with E-state index in [-0.39, 0.29) is 5.92 Å². The first-order valence-corrected chi connectivity index (χ1v) is 14.1. The number of pyridine rings is 2. The van der Waals surface area contributed by atoms with Crippen LogP contribution in [0.3, 0.4) is 0 Å². The topological polar surface area (TPSA) is 44.2 Å². The molecule has 0 fully saturated rings. The summed E-state index contributed by atoms with van der Waals surface area (Å²) in [4.78, 5) is 8.84. The maximum atomic E-state index is 15.0. The summed E-state index contributed by atoms with van der Waals surface area (Å²) < 4.78 is 27.0. The van der Waals surface area contributed by atoms with Gasteiger partial charge in [-0.1, -0.05) is 78.1 Å². The highest BCUT2D eigenvalue weighted by atomic mass is 19.1. The summed E-state index contributed by atoms with van der Waals surface area (Å²) in [6, 6.07) is 5.87. The van der Waals surface area contributed by atoms with Crippen LogP contribution in [0.4, 0.5) is 4.39 Å². The number of fused-ring (bicyclic) bond motifs is 1. The van der Waals surface area contributed by atoms with Crippen molar-refractivity contribution in [3.63, 3.8) is 0 Å². The van der Waals surface area contributed by atoms with E-state index in [1.807, 2.05) is 24.4 Å². The Morgan fingerprint density at radius 2 is 1.54 bits per heavy atom. The van der Waals surface area contributed by atoms with E-state index in [0.717, 1.165) is 49.1 Å². The van der Waals surface area contributed by atoms with Gasteiger partial charge in [-0.2, -0.15) is 9.37 Å². The second-order valence-corrected chi connectivity index (χ2v) is 9.88. The van der Waals surface area contributed by atoms with Crippen LogP contribution >= 0.6 is 0 Å². The highest BCUT2D eigenvalue weighted by molar-refractivity contribution is 5.44. The van der Waals surface area contributed by atoms with Crippen molar-refractivity contribution in [1.29, 1.82) is 0 Å². The van der Waals surface area contributed by atoms with E-state index in [1.165, 1.54) is 57.8 Å². The first-order valence-electron chi connectivity index (χ1n) is 14.1. The van der Waals surface area contributed by atoms with Crippen LogP contribution in [0.5, 0.6) is 11.6 Å². The van der Waals surface area contributed by atoms with Crippen LogP contribution in [0.1, 0.15) is 126 Å². The molecule has 1 aliphatic carbocycles. The molecule has 0 radical (unpaired) electrons. The fraction of sp³-hybridized carbons (Fsp3) is 0.667. The van der Waals surface area contributed by atoms with E-state index in [0.29, 0.717) is 31.1 Å². The molecule has 1 aliphatic rings. The van der Waals surface area contributed by atoms with E-state index in [2.05, 4.69) is 18.8 Å². The van der Waals surface area contributed by atoms with E-state index in [1.54, 1.807) is 0 Å². The summed E-state index contributed by atoms with van der Waals surface area (Å²) in [6.07, 6.45) is 18.9. The van der Waals surface area contributed by atoms with Gasteiger partial charge in [0.1, 0.15) is 5.75 Å². The SMILES string of the molecule is CCCCCCCCOc1cc2c(c(F)n1)CCCC2c1ncccc1OCCCCCCCC. The smallest absolute Gasteiger partial charge is 0.219 e. The Kier molecular flexibility index (Phi) is 12.3. The summed E-state index contributed by atoms with van der Waals surface area (Å²) >= 11 is 0. The Balaban J connectivity index is 1.63. The first kappa shape index (κ1) is 27.4. The minimum absolute atomic E-state index is 0.00778. The molecule has 1 atom stereocenters. The van der Waals surface area contributed by atoms with Crippen molar-refractivity contribution in [1.82, 2.24) is 9.97 Å². The molecular weight excluding hydrogens is 439 g/mol. The zero-order valence-electron chi connectivity index (χ0n) is 22.0. The molecule has 2 aromatic rings. The van der Waals surface area contributed by atoms with Gasteiger partial charge < -0.3 is 9.47 Å². The normalized spacial score (nSPS) is 15.1. The molecule has 0 aromatic carbocycles. The van der Waals surface area contributed by atoms with Gasteiger partial charge in [-0.3, -0.25) is 4.98 Å². The second-order valence-electron chi connectivity index (χ2n) is 9.88. The molecule has 0 spiro atoms. The summed E-state index contributed by atoms with van der Waals surface area (Å²) in [7, 11) is 0. The van der Waals surface area contributed by atoms with Crippen LogP contribution in [-0.4, -0.2) is 23.2 Å². The van der Waals surface area contributed by atoms with Gasteiger partial charge in [0.2, 0.25) is 11.8 Å². The Morgan fingerprint density at radius 1 is 0.886 bits per heavy atom. The van der Waals surface area contributed by atoms with Gasteiger partial charge in [0, 0.05) is 23.7 Å². The number of halogens is 1. The number of unbranched alkanes of at least 4 members (excludes halogenated alkanes) is 10. The first-order chi connectivity index (χ1) is 17.2. The summed E-state index contributed by atoms with van der Waals surface area (Å²) in [6.45, 7) is 5.74. The predicted octanol–water partition coefficient (Wildman–Crippen LogP) is 8.56. The van der Waals surface area contributed by atoms with Gasteiger partial charge in [0.25, 0.3) is 0 Å². The molecule has 0 bridgehead atoms. The lowest BCUT2D eigenvalue weighted by molar-refractivity contribution is 0.286. The van der Waals surface area contributed by atoms with E-state index < -0.39 is 5.95 Å². The third-order valence-electron chi connectivity index (χ3n) is 7.01. The zero-order chi connectivity index (χ0) is 24.7. The molecule has 2 aromatic heterocycles. The lowest BCUT2D eigenvalue weighted by Crippen LogP contribution is -2.17. The molecule has 35 heavy (non-hydrogen) atoms. The van der Waals surface area contributed by atoms with Crippen LogP contribution in [0.15, 0.2) is 24.4 Å². The van der Waals surface area contributed by atoms with E-state index >= 15 is 0 Å². The highest BCUT2D eigenvalue weighted by Crippen LogP contribution is 2.41. The van der Waals surface area contributed by atoms with Crippen LogP contribution in [0.2, 0.25) is 0 Å². The molecule has 3 rings (SSSR count). The quantitative estimate of drug-likeness (QED) is 0.167. The molecule has 0 aliphatic heterocycles. The fourth-order valence-corrected chi connectivity index (χ4v) is 5.00.